The Balaban J connectivity index is 2.71. The van der Waals surface area contributed by atoms with Gasteiger partial charge < -0.3 is 10.1 Å². The van der Waals surface area contributed by atoms with Gasteiger partial charge in [0.05, 0.1) is 5.56 Å². The van der Waals surface area contributed by atoms with Gasteiger partial charge in [0.2, 0.25) is 0 Å². The van der Waals surface area contributed by atoms with Gasteiger partial charge in [0.25, 0.3) is 0 Å². The molecule has 1 rings (SSSR count). The molecule has 0 aliphatic rings. The average molecular weight is 225 g/mol. The molecule has 0 saturated carbocycles. The summed E-state index contributed by atoms with van der Waals surface area (Å²) in [5.41, 5.74) is 0.670. The van der Waals surface area contributed by atoms with Crippen molar-refractivity contribution in [3.05, 3.63) is 29.6 Å². The lowest BCUT2D eigenvalue weighted by Gasteiger charge is -2.10. The van der Waals surface area contributed by atoms with E-state index < -0.39 is 5.82 Å². The first kappa shape index (κ1) is 12.6. The molecule has 0 bridgehead atoms. The highest BCUT2D eigenvalue weighted by Crippen LogP contribution is 2.19. The molecule has 1 aromatic rings. The van der Waals surface area contributed by atoms with Gasteiger partial charge in [-0.15, -0.1) is 0 Å². The zero-order chi connectivity index (χ0) is 12.0. The highest BCUT2D eigenvalue weighted by molar-refractivity contribution is 5.99. The highest BCUT2D eigenvalue weighted by atomic mass is 19.1. The predicted octanol–water partition coefficient (Wildman–Crippen LogP) is 2.48. The fourth-order valence-corrected chi connectivity index (χ4v) is 1.47. The van der Waals surface area contributed by atoms with Gasteiger partial charge in [0, 0.05) is 25.9 Å². The predicted molar refractivity (Wildman–Crippen MR) is 61.4 cm³/mol. The summed E-state index contributed by atoms with van der Waals surface area (Å²) in [7, 11) is 1.63. The number of carbonyl (C=O) groups excluding carboxylic acids is 1. The van der Waals surface area contributed by atoms with Gasteiger partial charge in [-0.3, -0.25) is 4.79 Å². The Morgan fingerprint density at radius 2 is 2.25 bits per heavy atom. The van der Waals surface area contributed by atoms with Crippen LogP contribution in [0.1, 0.15) is 23.7 Å². The Morgan fingerprint density at radius 1 is 1.50 bits per heavy atom. The fraction of sp³-hybridized carbons (Fsp3) is 0.417. The van der Waals surface area contributed by atoms with E-state index in [1.165, 1.54) is 13.0 Å². The molecule has 0 aromatic heterocycles. The quantitative estimate of drug-likeness (QED) is 0.597. The number of nitrogens with one attached hydrogen (secondary N) is 1. The van der Waals surface area contributed by atoms with Gasteiger partial charge in [-0.05, 0) is 25.5 Å². The van der Waals surface area contributed by atoms with Gasteiger partial charge >= 0.3 is 0 Å². The SMILES string of the molecule is COCCCNc1cccc(F)c1C(C)=O. The van der Waals surface area contributed by atoms with Crippen LogP contribution < -0.4 is 5.32 Å². The molecule has 0 radical (unpaired) electrons. The maximum Gasteiger partial charge on any atom is 0.164 e. The maximum atomic E-state index is 13.4. The molecule has 0 heterocycles. The topological polar surface area (TPSA) is 38.3 Å². The second-order valence-corrected chi connectivity index (χ2v) is 3.49. The first-order valence-corrected chi connectivity index (χ1v) is 5.19. The summed E-state index contributed by atoms with van der Waals surface area (Å²) in [4.78, 5) is 11.3. The van der Waals surface area contributed by atoms with E-state index in [1.54, 1.807) is 19.2 Å². The van der Waals surface area contributed by atoms with Crippen LogP contribution in [0.3, 0.4) is 0 Å². The molecule has 1 aromatic carbocycles. The largest absolute Gasteiger partial charge is 0.385 e. The Morgan fingerprint density at radius 3 is 2.88 bits per heavy atom. The molecule has 3 nitrogen and oxygen atoms in total. The molecule has 0 fully saturated rings. The summed E-state index contributed by atoms with van der Waals surface area (Å²) in [6.07, 6.45) is 0.810. The Bertz CT molecular complexity index is 366. The van der Waals surface area contributed by atoms with E-state index >= 15 is 0 Å². The monoisotopic (exact) mass is 225 g/mol. The average Bonchev–Trinajstić information content (AvgIpc) is 2.24. The zero-order valence-electron chi connectivity index (χ0n) is 9.55. The molecule has 4 heteroatoms. The first-order valence-electron chi connectivity index (χ1n) is 5.19. The molecule has 0 saturated heterocycles. The maximum absolute atomic E-state index is 13.4. The molecule has 0 aliphatic carbocycles. The van der Waals surface area contributed by atoms with Crippen molar-refractivity contribution >= 4 is 11.5 Å². The van der Waals surface area contributed by atoms with E-state index in [0.29, 0.717) is 18.8 Å². The number of ketones is 1. The third-order valence-electron chi connectivity index (χ3n) is 2.21. The minimum Gasteiger partial charge on any atom is -0.385 e. The van der Waals surface area contributed by atoms with Crippen molar-refractivity contribution in [1.29, 1.82) is 0 Å². The van der Waals surface area contributed by atoms with Crippen molar-refractivity contribution < 1.29 is 13.9 Å². The van der Waals surface area contributed by atoms with Crippen LogP contribution in [-0.4, -0.2) is 26.0 Å². The smallest absolute Gasteiger partial charge is 0.164 e. The van der Waals surface area contributed by atoms with E-state index in [0.717, 1.165) is 6.42 Å². The van der Waals surface area contributed by atoms with Crippen molar-refractivity contribution in [1.82, 2.24) is 0 Å². The molecule has 88 valence electrons. The molecule has 1 N–H and O–H groups in total. The van der Waals surface area contributed by atoms with Crippen LogP contribution in [0.5, 0.6) is 0 Å². The second-order valence-electron chi connectivity index (χ2n) is 3.49. The van der Waals surface area contributed by atoms with Crippen LogP contribution in [0.4, 0.5) is 10.1 Å². The summed E-state index contributed by atoms with van der Waals surface area (Å²) in [5, 5.41) is 3.03. The standard InChI is InChI=1S/C12H16FNO2/c1-9(15)12-10(13)5-3-6-11(12)14-7-4-8-16-2/h3,5-6,14H,4,7-8H2,1-2H3. The number of anilines is 1. The number of rotatable bonds is 6. The number of hydrogen-bond acceptors (Lipinski definition) is 3. The van der Waals surface area contributed by atoms with Crippen LogP contribution >= 0.6 is 0 Å². The van der Waals surface area contributed by atoms with Crippen molar-refractivity contribution in [2.45, 2.75) is 13.3 Å². The molecule has 0 unspecified atom stereocenters. The third-order valence-corrected chi connectivity index (χ3v) is 2.21. The van der Waals surface area contributed by atoms with Gasteiger partial charge in [-0.25, -0.2) is 4.39 Å². The van der Waals surface area contributed by atoms with Gasteiger partial charge in [-0.1, -0.05) is 6.07 Å². The molecule has 0 aliphatic heterocycles. The molecule has 0 atom stereocenters. The normalized spacial score (nSPS) is 10.2. The van der Waals surface area contributed by atoms with Crippen LogP contribution in [0.25, 0.3) is 0 Å². The van der Waals surface area contributed by atoms with Crippen molar-refractivity contribution in [3.8, 4) is 0 Å². The minimum atomic E-state index is -0.482. The zero-order valence-corrected chi connectivity index (χ0v) is 9.55. The van der Waals surface area contributed by atoms with Crippen molar-refractivity contribution in [2.24, 2.45) is 0 Å². The first-order chi connectivity index (χ1) is 7.66. The summed E-state index contributed by atoms with van der Waals surface area (Å²) >= 11 is 0. The number of methoxy groups -OCH3 is 1. The van der Waals surface area contributed by atoms with E-state index in [4.69, 9.17) is 4.74 Å². The Labute approximate surface area is 94.6 Å². The number of carbonyl (C=O) groups is 1. The molecular formula is C12H16FNO2. The van der Waals surface area contributed by atoms with Crippen LogP contribution in [0.2, 0.25) is 0 Å². The lowest BCUT2D eigenvalue weighted by molar-refractivity contribution is 0.101. The van der Waals surface area contributed by atoms with Crippen molar-refractivity contribution in [3.63, 3.8) is 0 Å². The number of hydrogen-bond donors (Lipinski definition) is 1. The number of halogens is 1. The van der Waals surface area contributed by atoms with E-state index in [2.05, 4.69) is 5.32 Å². The number of ether oxygens (including phenoxy) is 1. The molecular weight excluding hydrogens is 209 g/mol. The minimum absolute atomic E-state index is 0.125. The third kappa shape index (κ3) is 3.31. The van der Waals surface area contributed by atoms with Crippen molar-refractivity contribution in [2.75, 3.05) is 25.6 Å². The van der Waals surface area contributed by atoms with Crippen LogP contribution in [-0.2, 0) is 4.74 Å². The van der Waals surface area contributed by atoms with E-state index in [9.17, 15) is 9.18 Å². The van der Waals surface area contributed by atoms with Gasteiger partial charge in [0.1, 0.15) is 5.82 Å². The lowest BCUT2D eigenvalue weighted by atomic mass is 10.1. The number of Topliss-reactive ketones (excluding diaryl/α,β-unsaturated/α-hetero) is 1. The molecule has 16 heavy (non-hydrogen) atoms. The van der Waals surface area contributed by atoms with Crippen LogP contribution in [0.15, 0.2) is 18.2 Å². The van der Waals surface area contributed by atoms with Crippen LogP contribution in [0, 0.1) is 5.82 Å². The summed E-state index contributed by atoms with van der Waals surface area (Å²) < 4.78 is 18.3. The van der Waals surface area contributed by atoms with Gasteiger partial charge in [-0.2, -0.15) is 0 Å². The number of benzene rings is 1. The summed E-state index contributed by atoms with van der Waals surface area (Å²) in [5.74, 6) is -0.753. The van der Waals surface area contributed by atoms with Gasteiger partial charge in [0.15, 0.2) is 5.78 Å². The summed E-state index contributed by atoms with van der Waals surface area (Å²) in [6.45, 7) is 2.65. The summed E-state index contributed by atoms with van der Waals surface area (Å²) in [6, 6.07) is 4.57. The second kappa shape index (κ2) is 6.23. The molecule has 0 amide bonds. The highest BCUT2D eigenvalue weighted by Gasteiger charge is 2.11. The lowest BCUT2D eigenvalue weighted by Crippen LogP contribution is -2.09. The van der Waals surface area contributed by atoms with E-state index in [-0.39, 0.29) is 11.3 Å². The van der Waals surface area contributed by atoms with E-state index in [1.807, 2.05) is 0 Å². The Kier molecular flexibility index (Phi) is 4.92. The fourth-order valence-electron chi connectivity index (χ4n) is 1.47. The Hall–Kier alpha value is -1.42. The molecule has 0 spiro atoms.